The van der Waals surface area contributed by atoms with E-state index in [9.17, 15) is 8.42 Å². The molecule has 1 N–H and O–H groups in total. The second-order valence-electron chi connectivity index (χ2n) is 2.95. The van der Waals surface area contributed by atoms with Crippen LogP contribution in [0.5, 0.6) is 0 Å². The maximum Gasteiger partial charge on any atom is 0.218 e. The highest BCUT2D eigenvalue weighted by molar-refractivity contribution is 9.10. The lowest BCUT2D eigenvalue weighted by Gasteiger charge is -2.12. The average Bonchev–Trinajstić information content (AvgIpc) is 2.16. The first-order valence-electron chi connectivity index (χ1n) is 4.15. The van der Waals surface area contributed by atoms with E-state index in [2.05, 4.69) is 20.7 Å². The number of nitrogens with one attached hydrogen (secondary N) is 1. The van der Waals surface area contributed by atoms with Crippen molar-refractivity contribution >= 4 is 26.0 Å². The zero-order chi connectivity index (χ0) is 10.8. The highest BCUT2D eigenvalue weighted by Gasteiger charge is 2.20. The molecule has 0 fully saturated rings. The largest absolute Gasteiger partial charge is 0.218 e. The van der Waals surface area contributed by atoms with Gasteiger partial charge in [-0.25, -0.2) is 13.1 Å². The standard InChI is InChI=1S/C9H12BrNO2S/c1-7(14(12,13)11-2)8-4-3-5-9(10)6-8/h3-7,11H,1-2H3. The third-order valence-corrected chi connectivity index (χ3v) is 4.33. The van der Waals surface area contributed by atoms with E-state index < -0.39 is 15.3 Å². The molecule has 1 aromatic rings. The first-order chi connectivity index (χ1) is 6.47. The monoisotopic (exact) mass is 277 g/mol. The molecule has 0 amide bonds. The topological polar surface area (TPSA) is 46.2 Å². The van der Waals surface area contributed by atoms with Crippen molar-refractivity contribution in [1.29, 1.82) is 0 Å². The first-order valence-corrected chi connectivity index (χ1v) is 6.49. The average molecular weight is 278 g/mol. The Morgan fingerprint density at radius 2 is 2.07 bits per heavy atom. The molecule has 5 heteroatoms. The Hall–Kier alpha value is -0.390. The summed E-state index contributed by atoms with van der Waals surface area (Å²) in [6.07, 6.45) is 0. The Kier molecular flexibility index (Phi) is 3.69. The van der Waals surface area contributed by atoms with E-state index in [1.54, 1.807) is 19.1 Å². The molecule has 1 atom stereocenters. The highest BCUT2D eigenvalue weighted by atomic mass is 79.9. The van der Waals surface area contributed by atoms with Crippen LogP contribution in [0.4, 0.5) is 0 Å². The molecule has 1 unspecified atom stereocenters. The van der Waals surface area contributed by atoms with Crippen molar-refractivity contribution in [3.8, 4) is 0 Å². The van der Waals surface area contributed by atoms with E-state index in [1.165, 1.54) is 7.05 Å². The van der Waals surface area contributed by atoms with E-state index in [0.29, 0.717) is 0 Å². The molecule has 1 aromatic carbocycles. The molecule has 0 saturated carbocycles. The zero-order valence-corrected chi connectivity index (χ0v) is 10.4. The van der Waals surface area contributed by atoms with Gasteiger partial charge in [-0.3, -0.25) is 0 Å². The van der Waals surface area contributed by atoms with Gasteiger partial charge in [0.05, 0.1) is 5.25 Å². The van der Waals surface area contributed by atoms with Gasteiger partial charge in [0, 0.05) is 4.47 Å². The quantitative estimate of drug-likeness (QED) is 0.919. The molecule has 0 saturated heterocycles. The molecule has 0 radical (unpaired) electrons. The van der Waals surface area contributed by atoms with Gasteiger partial charge in [-0.1, -0.05) is 28.1 Å². The minimum Gasteiger partial charge on any atom is -0.218 e. The summed E-state index contributed by atoms with van der Waals surface area (Å²) in [4.78, 5) is 0. The molecule has 0 aromatic heterocycles. The van der Waals surface area contributed by atoms with E-state index in [4.69, 9.17) is 0 Å². The molecule has 0 spiro atoms. The van der Waals surface area contributed by atoms with E-state index >= 15 is 0 Å². The minimum atomic E-state index is -3.24. The van der Waals surface area contributed by atoms with Crippen LogP contribution in [0.15, 0.2) is 28.7 Å². The zero-order valence-electron chi connectivity index (χ0n) is 7.99. The van der Waals surface area contributed by atoms with Crippen molar-refractivity contribution in [2.24, 2.45) is 0 Å². The number of benzene rings is 1. The Balaban J connectivity index is 3.07. The lowest BCUT2D eigenvalue weighted by Crippen LogP contribution is -2.23. The number of sulfonamides is 1. The molecule has 0 aliphatic rings. The van der Waals surface area contributed by atoms with Gasteiger partial charge in [-0.2, -0.15) is 0 Å². The smallest absolute Gasteiger partial charge is 0.218 e. The highest BCUT2D eigenvalue weighted by Crippen LogP contribution is 2.23. The van der Waals surface area contributed by atoms with Gasteiger partial charge in [0.2, 0.25) is 10.0 Å². The number of rotatable bonds is 3. The lowest BCUT2D eigenvalue weighted by molar-refractivity contribution is 0.578. The van der Waals surface area contributed by atoms with Gasteiger partial charge in [-0.05, 0) is 31.7 Å². The summed E-state index contributed by atoms with van der Waals surface area (Å²) in [6, 6.07) is 7.28. The maximum absolute atomic E-state index is 11.5. The SMILES string of the molecule is CNS(=O)(=O)C(C)c1cccc(Br)c1. The first kappa shape index (κ1) is 11.7. The van der Waals surface area contributed by atoms with Crippen LogP contribution in [0, 0.1) is 0 Å². The maximum atomic E-state index is 11.5. The van der Waals surface area contributed by atoms with Crippen molar-refractivity contribution in [2.45, 2.75) is 12.2 Å². The van der Waals surface area contributed by atoms with E-state index in [1.807, 2.05) is 12.1 Å². The van der Waals surface area contributed by atoms with Crippen LogP contribution in [-0.2, 0) is 10.0 Å². The Bertz CT molecular complexity index is 417. The van der Waals surface area contributed by atoms with Crippen molar-refractivity contribution in [3.63, 3.8) is 0 Å². The van der Waals surface area contributed by atoms with Crippen LogP contribution in [0.3, 0.4) is 0 Å². The van der Waals surface area contributed by atoms with Gasteiger partial charge in [0.1, 0.15) is 0 Å². The number of hydrogen-bond donors (Lipinski definition) is 1. The molecule has 3 nitrogen and oxygen atoms in total. The Morgan fingerprint density at radius 3 is 2.57 bits per heavy atom. The van der Waals surface area contributed by atoms with Crippen molar-refractivity contribution < 1.29 is 8.42 Å². The number of halogens is 1. The third-order valence-electron chi connectivity index (χ3n) is 2.07. The molecule has 1 rings (SSSR count). The Morgan fingerprint density at radius 1 is 1.43 bits per heavy atom. The fourth-order valence-corrected chi connectivity index (χ4v) is 2.39. The van der Waals surface area contributed by atoms with Crippen LogP contribution in [0.25, 0.3) is 0 Å². The van der Waals surface area contributed by atoms with Gasteiger partial charge in [0.15, 0.2) is 0 Å². The molecule has 0 heterocycles. The minimum absolute atomic E-state index is 0.537. The summed E-state index contributed by atoms with van der Waals surface area (Å²) < 4.78 is 26.2. The predicted octanol–water partition coefficient (Wildman–Crippen LogP) is 2.06. The summed E-state index contributed by atoms with van der Waals surface area (Å²) in [5.41, 5.74) is 0.772. The fraction of sp³-hybridized carbons (Fsp3) is 0.333. The molecule has 14 heavy (non-hydrogen) atoms. The fourth-order valence-electron chi connectivity index (χ4n) is 1.12. The normalized spacial score (nSPS) is 13.9. The van der Waals surface area contributed by atoms with Gasteiger partial charge in [-0.15, -0.1) is 0 Å². The number of hydrogen-bond acceptors (Lipinski definition) is 2. The lowest BCUT2D eigenvalue weighted by atomic mass is 10.2. The van der Waals surface area contributed by atoms with Gasteiger partial charge in [0.25, 0.3) is 0 Å². The van der Waals surface area contributed by atoms with Crippen molar-refractivity contribution in [3.05, 3.63) is 34.3 Å². The van der Waals surface area contributed by atoms with Gasteiger partial charge >= 0.3 is 0 Å². The summed E-state index contributed by atoms with van der Waals surface area (Å²) in [7, 11) is -1.82. The van der Waals surface area contributed by atoms with Gasteiger partial charge < -0.3 is 0 Å². The molecule has 78 valence electrons. The van der Waals surface area contributed by atoms with E-state index in [-0.39, 0.29) is 0 Å². The van der Waals surface area contributed by atoms with Crippen LogP contribution in [0.2, 0.25) is 0 Å². The van der Waals surface area contributed by atoms with Crippen LogP contribution in [-0.4, -0.2) is 15.5 Å². The molecule has 0 aliphatic carbocycles. The predicted molar refractivity (Wildman–Crippen MR) is 60.5 cm³/mol. The summed E-state index contributed by atoms with van der Waals surface area (Å²) in [5, 5.41) is -0.537. The van der Waals surface area contributed by atoms with Crippen LogP contribution in [0.1, 0.15) is 17.7 Å². The second-order valence-corrected chi connectivity index (χ2v) is 6.07. The van der Waals surface area contributed by atoms with E-state index in [0.717, 1.165) is 10.0 Å². The second kappa shape index (κ2) is 4.42. The Labute approximate surface area is 92.7 Å². The third kappa shape index (κ3) is 2.56. The summed E-state index contributed by atoms with van der Waals surface area (Å²) in [5.74, 6) is 0. The molecular formula is C9H12BrNO2S. The van der Waals surface area contributed by atoms with Crippen LogP contribution >= 0.6 is 15.9 Å². The molecule has 0 bridgehead atoms. The van der Waals surface area contributed by atoms with Crippen molar-refractivity contribution in [2.75, 3.05) is 7.05 Å². The summed E-state index contributed by atoms with van der Waals surface area (Å²) >= 11 is 3.30. The van der Waals surface area contributed by atoms with Crippen LogP contribution < -0.4 is 4.72 Å². The van der Waals surface area contributed by atoms with Crippen molar-refractivity contribution in [1.82, 2.24) is 4.72 Å². The molecular weight excluding hydrogens is 266 g/mol. The summed E-state index contributed by atoms with van der Waals surface area (Å²) in [6.45, 7) is 1.66. The molecule has 0 aliphatic heterocycles.